The van der Waals surface area contributed by atoms with Crippen LogP contribution < -0.4 is 5.32 Å². The highest BCUT2D eigenvalue weighted by Crippen LogP contribution is 2.25. The summed E-state index contributed by atoms with van der Waals surface area (Å²) in [7, 11) is 0. The van der Waals surface area contributed by atoms with E-state index in [9.17, 15) is 4.79 Å². The number of halogens is 3. The van der Waals surface area contributed by atoms with Crippen LogP contribution in [0.25, 0.3) is 0 Å². The second kappa shape index (κ2) is 5.34. The molecule has 1 amide bonds. The SMILES string of the molecule is O=C(Nc1ccnnc1)OCC(Cl)(Cl)Cl. The van der Waals surface area contributed by atoms with E-state index in [1.807, 2.05) is 0 Å². The molecule has 5 nitrogen and oxygen atoms in total. The van der Waals surface area contributed by atoms with Gasteiger partial charge in [-0.3, -0.25) is 5.32 Å². The standard InChI is InChI=1S/C7H6Cl3N3O2/c8-7(9,10)4-15-6(14)13-5-1-2-11-12-3-5/h1-3H,4H2,(H,11,13,14). The van der Waals surface area contributed by atoms with E-state index < -0.39 is 9.89 Å². The van der Waals surface area contributed by atoms with E-state index in [1.165, 1.54) is 12.4 Å². The second-order valence-electron chi connectivity index (χ2n) is 2.45. The van der Waals surface area contributed by atoms with Gasteiger partial charge >= 0.3 is 6.09 Å². The van der Waals surface area contributed by atoms with Gasteiger partial charge in [-0.05, 0) is 6.07 Å². The van der Waals surface area contributed by atoms with E-state index in [1.54, 1.807) is 6.07 Å². The largest absolute Gasteiger partial charge is 0.445 e. The van der Waals surface area contributed by atoms with Crippen LogP contribution in [-0.4, -0.2) is 26.7 Å². The average molecular weight is 271 g/mol. The van der Waals surface area contributed by atoms with Gasteiger partial charge in [-0.15, -0.1) is 0 Å². The number of carbonyl (C=O) groups is 1. The molecule has 0 radical (unpaired) electrons. The van der Waals surface area contributed by atoms with Crippen LogP contribution in [0.2, 0.25) is 0 Å². The lowest BCUT2D eigenvalue weighted by Gasteiger charge is -2.11. The van der Waals surface area contributed by atoms with Gasteiger partial charge in [-0.25, -0.2) is 4.79 Å². The van der Waals surface area contributed by atoms with Crippen molar-refractivity contribution >= 4 is 46.6 Å². The fourth-order valence-electron chi connectivity index (χ4n) is 0.666. The van der Waals surface area contributed by atoms with Gasteiger partial charge in [0.1, 0.15) is 6.61 Å². The molecular formula is C7H6Cl3N3O2. The predicted molar refractivity (Wildman–Crippen MR) is 57.3 cm³/mol. The molecule has 1 heterocycles. The molecule has 1 rings (SSSR count). The molecule has 15 heavy (non-hydrogen) atoms. The molecule has 1 N–H and O–H groups in total. The van der Waals surface area contributed by atoms with Gasteiger partial charge in [0, 0.05) is 0 Å². The number of ether oxygens (including phenoxy) is 1. The summed E-state index contributed by atoms with van der Waals surface area (Å²) in [4.78, 5) is 11.1. The maximum atomic E-state index is 11.1. The summed E-state index contributed by atoms with van der Waals surface area (Å²) in [6.45, 7) is -0.331. The highest BCUT2D eigenvalue weighted by molar-refractivity contribution is 6.67. The zero-order valence-electron chi connectivity index (χ0n) is 7.28. The summed E-state index contributed by atoms with van der Waals surface area (Å²) in [6.07, 6.45) is 2.05. The first-order valence-corrected chi connectivity index (χ1v) is 4.88. The Bertz CT molecular complexity index is 328. The lowest BCUT2D eigenvalue weighted by atomic mass is 10.5. The molecule has 0 atom stereocenters. The number of amides is 1. The first kappa shape index (κ1) is 12.3. The van der Waals surface area contributed by atoms with Gasteiger partial charge in [0.25, 0.3) is 0 Å². The Hall–Kier alpha value is -0.780. The van der Waals surface area contributed by atoms with Crippen molar-refractivity contribution in [1.82, 2.24) is 10.2 Å². The number of aromatic nitrogens is 2. The molecular weight excluding hydrogens is 264 g/mol. The van der Waals surface area contributed by atoms with Gasteiger partial charge in [-0.1, -0.05) is 34.8 Å². The van der Waals surface area contributed by atoms with Gasteiger partial charge in [0.2, 0.25) is 3.79 Å². The van der Waals surface area contributed by atoms with Gasteiger partial charge in [0.15, 0.2) is 0 Å². The van der Waals surface area contributed by atoms with E-state index in [-0.39, 0.29) is 6.61 Å². The number of anilines is 1. The third-order valence-corrected chi connectivity index (χ3v) is 1.52. The highest BCUT2D eigenvalue weighted by Gasteiger charge is 2.22. The molecule has 8 heteroatoms. The van der Waals surface area contributed by atoms with Crippen molar-refractivity contribution < 1.29 is 9.53 Å². The highest BCUT2D eigenvalue weighted by atomic mass is 35.6. The minimum atomic E-state index is -1.62. The number of alkyl halides is 3. The molecule has 0 spiro atoms. The Balaban J connectivity index is 2.38. The quantitative estimate of drug-likeness (QED) is 0.838. The monoisotopic (exact) mass is 269 g/mol. The van der Waals surface area contributed by atoms with Crippen LogP contribution in [0.5, 0.6) is 0 Å². The summed E-state index contributed by atoms with van der Waals surface area (Å²) in [5.74, 6) is 0. The molecule has 82 valence electrons. The summed E-state index contributed by atoms with van der Waals surface area (Å²) in [5.41, 5.74) is 0.444. The Kier molecular flexibility index (Phi) is 4.38. The smallest absolute Gasteiger partial charge is 0.411 e. The Morgan fingerprint density at radius 2 is 2.20 bits per heavy atom. The molecule has 0 saturated carbocycles. The first-order chi connectivity index (χ1) is 6.97. The molecule has 1 aromatic rings. The van der Waals surface area contributed by atoms with Crippen LogP contribution in [0.15, 0.2) is 18.5 Å². The molecule has 0 aromatic carbocycles. The first-order valence-electron chi connectivity index (χ1n) is 3.74. The van der Waals surface area contributed by atoms with Crippen LogP contribution in [0, 0.1) is 0 Å². The zero-order chi connectivity index (χ0) is 11.3. The summed E-state index contributed by atoms with van der Waals surface area (Å²) >= 11 is 16.2. The zero-order valence-corrected chi connectivity index (χ0v) is 9.55. The molecule has 0 aliphatic rings. The molecule has 0 saturated heterocycles. The lowest BCUT2D eigenvalue weighted by Crippen LogP contribution is -2.21. The lowest BCUT2D eigenvalue weighted by molar-refractivity contribution is 0.164. The van der Waals surface area contributed by atoms with Crippen molar-refractivity contribution in [1.29, 1.82) is 0 Å². The number of nitrogens with one attached hydrogen (secondary N) is 1. The molecule has 0 aliphatic heterocycles. The summed E-state index contributed by atoms with van der Waals surface area (Å²) in [6, 6.07) is 1.55. The van der Waals surface area contributed by atoms with Crippen LogP contribution in [-0.2, 0) is 4.74 Å². The number of nitrogens with zero attached hydrogens (tertiary/aromatic N) is 2. The van der Waals surface area contributed by atoms with E-state index in [0.29, 0.717) is 5.69 Å². The van der Waals surface area contributed by atoms with E-state index >= 15 is 0 Å². The predicted octanol–water partition coefficient (Wildman–Crippen LogP) is 2.40. The molecule has 0 aliphatic carbocycles. The second-order valence-corrected chi connectivity index (χ2v) is 4.96. The maximum absolute atomic E-state index is 11.1. The van der Waals surface area contributed by atoms with Crippen molar-refractivity contribution in [2.75, 3.05) is 11.9 Å². The van der Waals surface area contributed by atoms with Crippen molar-refractivity contribution in [3.8, 4) is 0 Å². The van der Waals surface area contributed by atoms with Crippen LogP contribution in [0.1, 0.15) is 0 Å². The summed E-state index contributed by atoms with van der Waals surface area (Å²) in [5, 5.41) is 9.46. The normalized spacial score (nSPS) is 10.9. The Morgan fingerprint density at radius 1 is 1.47 bits per heavy atom. The number of rotatable bonds is 2. The number of hydrogen-bond donors (Lipinski definition) is 1. The van der Waals surface area contributed by atoms with E-state index in [4.69, 9.17) is 34.8 Å². The van der Waals surface area contributed by atoms with Crippen molar-refractivity contribution in [2.24, 2.45) is 0 Å². The molecule has 1 aromatic heterocycles. The van der Waals surface area contributed by atoms with E-state index in [2.05, 4.69) is 20.3 Å². The average Bonchev–Trinajstić information content (AvgIpc) is 2.15. The molecule has 0 bridgehead atoms. The van der Waals surface area contributed by atoms with Crippen molar-refractivity contribution in [3.63, 3.8) is 0 Å². The Morgan fingerprint density at radius 3 is 2.73 bits per heavy atom. The Labute approximate surface area is 101 Å². The third-order valence-electron chi connectivity index (χ3n) is 1.20. The van der Waals surface area contributed by atoms with Crippen molar-refractivity contribution in [3.05, 3.63) is 18.5 Å². The van der Waals surface area contributed by atoms with Gasteiger partial charge in [0.05, 0.1) is 18.1 Å². The minimum absolute atomic E-state index is 0.331. The van der Waals surface area contributed by atoms with Crippen LogP contribution in [0.4, 0.5) is 10.5 Å². The molecule has 0 unspecified atom stereocenters. The fraction of sp³-hybridized carbons (Fsp3) is 0.286. The number of hydrogen-bond acceptors (Lipinski definition) is 4. The summed E-state index contributed by atoms with van der Waals surface area (Å²) < 4.78 is 3.00. The fourth-order valence-corrected chi connectivity index (χ4v) is 0.830. The van der Waals surface area contributed by atoms with Gasteiger partial charge in [-0.2, -0.15) is 10.2 Å². The number of carbonyl (C=O) groups excluding carboxylic acids is 1. The maximum Gasteiger partial charge on any atom is 0.411 e. The topological polar surface area (TPSA) is 64.1 Å². The minimum Gasteiger partial charge on any atom is -0.445 e. The van der Waals surface area contributed by atoms with Gasteiger partial charge < -0.3 is 4.74 Å². The van der Waals surface area contributed by atoms with Crippen molar-refractivity contribution in [2.45, 2.75) is 3.79 Å². The van der Waals surface area contributed by atoms with Crippen LogP contribution >= 0.6 is 34.8 Å². The third kappa shape index (κ3) is 5.61. The van der Waals surface area contributed by atoms with Crippen LogP contribution in [0.3, 0.4) is 0 Å². The van der Waals surface area contributed by atoms with E-state index in [0.717, 1.165) is 0 Å². The molecule has 0 fully saturated rings.